The normalized spacial score (nSPS) is 10.5. The van der Waals surface area contributed by atoms with E-state index in [-0.39, 0.29) is 5.91 Å². The summed E-state index contributed by atoms with van der Waals surface area (Å²) in [4.78, 5) is 20.2. The van der Waals surface area contributed by atoms with Crippen molar-refractivity contribution < 1.29 is 4.79 Å². The smallest absolute Gasteiger partial charge is 0.221 e. The number of amides is 1. The Labute approximate surface area is 155 Å². The second-order valence-electron chi connectivity index (χ2n) is 6.10. The molecule has 0 unspecified atom stereocenters. The molecule has 1 N–H and O–H groups in total. The minimum atomic E-state index is -0.117. The molecule has 0 aliphatic heterocycles. The molecular formula is C21H15N5O. The topological polar surface area (TPSA) is 83.1 Å². The Hall–Kier alpha value is -3.98. The Morgan fingerprint density at radius 3 is 2.63 bits per heavy atom. The largest absolute Gasteiger partial charge is 0.326 e. The minimum Gasteiger partial charge on any atom is -0.326 e. The number of benzene rings is 2. The SMILES string of the molecule is CC(=O)Nc1cccc(-c2cn3c(-c4ccc(C#N)cc4)cnc3cn2)c1. The zero-order valence-electron chi connectivity index (χ0n) is 14.5. The number of hydrogen-bond acceptors (Lipinski definition) is 4. The van der Waals surface area contributed by atoms with Crippen LogP contribution in [0, 0.1) is 11.3 Å². The van der Waals surface area contributed by atoms with E-state index in [4.69, 9.17) is 5.26 Å². The fourth-order valence-electron chi connectivity index (χ4n) is 2.93. The maximum atomic E-state index is 11.3. The third kappa shape index (κ3) is 3.26. The highest BCUT2D eigenvalue weighted by molar-refractivity contribution is 5.89. The van der Waals surface area contributed by atoms with E-state index in [2.05, 4.69) is 21.4 Å². The zero-order chi connectivity index (χ0) is 18.8. The summed E-state index contributed by atoms with van der Waals surface area (Å²) in [6.07, 6.45) is 5.42. The number of aromatic nitrogens is 3. The molecule has 2 aromatic heterocycles. The van der Waals surface area contributed by atoms with Crippen molar-refractivity contribution in [3.63, 3.8) is 0 Å². The number of imidazole rings is 1. The molecule has 0 atom stereocenters. The van der Waals surface area contributed by atoms with Gasteiger partial charge in [-0.15, -0.1) is 0 Å². The average Bonchev–Trinajstić information content (AvgIpc) is 3.11. The van der Waals surface area contributed by atoms with Gasteiger partial charge in [-0.3, -0.25) is 14.2 Å². The number of nitrogens with one attached hydrogen (secondary N) is 1. The maximum Gasteiger partial charge on any atom is 0.221 e. The summed E-state index contributed by atoms with van der Waals surface area (Å²) < 4.78 is 1.97. The molecule has 27 heavy (non-hydrogen) atoms. The van der Waals surface area contributed by atoms with Crippen molar-refractivity contribution >= 4 is 17.2 Å². The standard InChI is InChI=1S/C21H15N5O/c1-14(27)25-18-4-2-3-17(9-18)19-13-26-20(11-24-21(26)12-23-19)16-7-5-15(10-22)6-8-16/h2-9,11-13H,1H3,(H,25,27). The number of nitrogens with zero attached hydrogens (tertiary/aromatic N) is 4. The van der Waals surface area contributed by atoms with Gasteiger partial charge < -0.3 is 5.32 Å². The Morgan fingerprint density at radius 1 is 1.07 bits per heavy atom. The molecule has 0 spiro atoms. The van der Waals surface area contributed by atoms with E-state index >= 15 is 0 Å². The molecule has 130 valence electrons. The highest BCUT2D eigenvalue weighted by Gasteiger charge is 2.09. The molecule has 0 radical (unpaired) electrons. The van der Waals surface area contributed by atoms with Gasteiger partial charge in [-0.25, -0.2) is 4.98 Å². The van der Waals surface area contributed by atoms with Gasteiger partial charge in [-0.05, 0) is 24.3 Å². The lowest BCUT2D eigenvalue weighted by molar-refractivity contribution is -0.114. The summed E-state index contributed by atoms with van der Waals surface area (Å²) in [6.45, 7) is 1.48. The molecule has 4 aromatic rings. The molecular weight excluding hydrogens is 338 g/mol. The molecule has 6 nitrogen and oxygen atoms in total. The van der Waals surface area contributed by atoms with Gasteiger partial charge in [0.05, 0.1) is 35.4 Å². The van der Waals surface area contributed by atoms with Gasteiger partial charge in [0, 0.05) is 29.9 Å². The predicted octanol–water partition coefficient (Wildman–Crippen LogP) is 3.89. The third-order valence-electron chi connectivity index (χ3n) is 4.18. The molecule has 4 rings (SSSR count). The van der Waals surface area contributed by atoms with Crippen LogP contribution in [0.5, 0.6) is 0 Å². The highest BCUT2D eigenvalue weighted by atomic mass is 16.1. The number of fused-ring (bicyclic) bond motifs is 1. The Morgan fingerprint density at radius 2 is 1.89 bits per heavy atom. The lowest BCUT2D eigenvalue weighted by Crippen LogP contribution is -2.05. The second-order valence-corrected chi connectivity index (χ2v) is 6.10. The number of anilines is 1. The molecule has 1 amide bonds. The summed E-state index contributed by atoms with van der Waals surface area (Å²) in [7, 11) is 0. The van der Waals surface area contributed by atoms with Crippen LogP contribution in [0.3, 0.4) is 0 Å². The van der Waals surface area contributed by atoms with Gasteiger partial charge in [-0.1, -0.05) is 24.3 Å². The maximum absolute atomic E-state index is 11.3. The van der Waals surface area contributed by atoms with Crippen LogP contribution in [0.15, 0.2) is 67.1 Å². The van der Waals surface area contributed by atoms with E-state index < -0.39 is 0 Å². The molecule has 0 aliphatic carbocycles. The van der Waals surface area contributed by atoms with Crippen LogP contribution in [0.2, 0.25) is 0 Å². The van der Waals surface area contributed by atoms with Crippen LogP contribution >= 0.6 is 0 Å². The van der Waals surface area contributed by atoms with Gasteiger partial charge in [0.2, 0.25) is 5.91 Å². The van der Waals surface area contributed by atoms with Gasteiger partial charge in [0.15, 0.2) is 5.65 Å². The number of nitriles is 1. The average molecular weight is 353 g/mol. The number of carbonyl (C=O) groups is 1. The van der Waals surface area contributed by atoms with Crippen molar-refractivity contribution in [3.8, 4) is 28.6 Å². The molecule has 2 heterocycles. The van der Waals surface area contributed by atoms with Gasteiger partial charge in [0.25, 0.3) is 0 Å². The Bertz CT molecular complexity index is 1190. The summed E-state index contributed by atoms with van der Waals surface area (Å²) in [5, 5.41) is 11.8. The molecule has 0 aliphatic rings. The molecule has 0 saturated heterocycles. The summed E-state index contributed by atoms with van der Waals surface area (Å²) in [6, 6.07) is 17.0. The monoisotopic (exact) mass is 353 g/mol. The molecule has 0 saturated carbocycles. The Kier molecular flexibility index (Phi) is 4.11. The molecule has 0 fully saturated rings. The van der Waals surface area contributed by atoms with Crippen molar-refractivity contribution in [2.75, 3.05) is 5.32 Å². The van der Waals surface area contributed by atoms with Crippen LogP contribution in [0.25, 0.3) is 28.2 Å². The van der Waals surface area contributed by atoms with E-state index in [1.807, 2.05) is 47.0 Å². The number of rotatable bonds is 3. The summed E-state index contributed by atoms with van der Waals surface area (Å²) in [5.41, 5.74) is 5.60. The van der Waals surface area contributed by atoms with Crippen molar-refractivity contribution in [1.29, 1.82) is 5.26 Å². The van der Waals surface area contributed by atoms with Gasteiger partial charge in [-0.2, -0.15) is 5.26 Å². The fraction of sp³-hybridized carbons (Fsp3) is 0.0476. The lowest BCUT2D eigenvalue weighted by Gasteiger charge is -2.07. The first-order chi connectivity index (χ1) is 13.1. The second kappa shape index (κ2) is 6.73. The van der Waals surface area contributed by atoms with Gasteiger partial charge >= 0.3 is 0 Å². The molecule has 0 bridgehead atoms. The first-order valence-electron chi connectivity index (χ1n) is 8.36. The van der Waals surface area contributed by atoms with Crippen LogP contribution in [-0.4, -0.2) is 20.3 Å². The summed E-state index contributed by atoms with van der Waals surface area (Å²) in [5.74, 6) is -0.117. The van der Waals surface area contributed by atoms with E-state index in [1.54, 1.807) is 24.5 Å². The number of carbonyl (C=O) groups excluding carboxylic acids is 1. The van der Waals surface area contributed by atoms with Gasteiger partial charge in [0.1, 0.15) is 0 Å². The quantitative estimate of drug-likeness (QED) is 0.605. The van der Waals surface area contributed by atoms with Crippen molar-refractivity contribution in [2.24, 2.45) is 0 Å². The van der Waals surface area contributed by atoms with Crippen LogP contribution < -0.4 is 5.32 Å². The predicted molar refractivity (Wildman–Crippen MR) is 103 cm³/mol. The van der Waals surface area contributed by atoms with Crippen LogP contribution in [0.1, 0.15) is 12.5 Å². The van der Waals surface area contributed by atoms with E-state index in [0.717, 1.165) is 33.8 Å². The van der Waals surface area contributed by atoms with Crippen molar-refractivity contribution in [1.82, 2.24) is 14.4 Å². The first kappa shape index (κ1) is 16.5. The minimum absolute atomic E-state index is 0.117. The molecule has 2 aromatic carbocycles. The third-order valence-corrected chi connectivity index (χ3v) is 4.18. The van der Waals surface area contributed by atoms with Crippen molar-refractivity contribution in [2.45, 2.75) is 6.92 Å². The van der Waals surface area contributed by atoms with E-state index in [1.165, 1.54) is 6.92 Å². The lowest BCUT2D eigenvalue weighted by atomic mass is 10.1. The fourth-order valence-corrected chi connectivity index (χ4v) is 2.93. The number of hydrogen-bond donors (Lipinski definition) is 1. The highest BCUT2D eigenvalue weighted by Crippen LogP contribution is 2.25. The van der Waals surface area contributed by atoms with Crippen LogP contribution in [-0.2, 0) is 4.79 Å². The zero-order valence-corrected chi connectivity index (χ0v) is 14.5. The van der Waals surface area contributed by atoms with Crippen LogP contribution in [0.4, 0.5) is 5.69 Å². The summed E-state index contributed by atoms with van der Waals surface area (Å²) >= 11 is 0. The van der Waals surface area contributed by atoms with E-state index in [0.29, 0.717) is 5.56 Å². The molecule has 6 heteroatoms. The Balaban J connectivity index is 1.78. The van der Waals surface area contributed by atoms with E-state index in [9.17, 15) is 4.79 Å². The van der Waals surface area contributed by atoms with Crippen molar-refractivity contribution in [3.05, 3.63) is 72.7 Å². The first-order valence-corrected chi connectivity index (χ1v) is 8.36.